The third kappa shape index (κ3) is 2.76. The highest BCUT2D eigenvalue weighted by atomic mass is 16.7. The molecule has 126 valence electrons. The normalized spacial score (nSPS) is 20.8. The lowest BCUT2D eigenvalue weighted by molar-refractivity contribution is -0.0345. The summed E-state index contributed by atoms with van der Waals surface area (Å²) in [6.07, 6.45) is 1.45. The molecule has 0 aromatic heterocycles. The molecule has 0 aliphatic carbocycles. The minimum Gasteiger partial charge on any atom is -0.454 e. The molecule has 0 radical (unpaired) electrons. The fourth-order valence-corrected chi connectivity index (χ4v) is 3.70. The van der Waals surface area contributed by atoms with Crippen molar-refractivity contribution in [3.8, 4) is 11.5 Å². The lowest BCUT2D eigenvalue weighted by atomic mass is 9.83. The number of piperidine rings is 1. The van der Waals surface area contributed by atoms with Gasteiger partial charge < -0.3 is 14.6 Å². The monoisotopic (exact) mass is 325 g/mol. The summed E-state index contributed by atoms with van der Waals surface area (Å²) < 4.78 is 10.8. The Bertz CT molecular complexity index is 708. The molecule has 4 heteroatoms. The first kappa shape index (κ1) is 15.5. The third-order valence-corrected chi connectivity index (χ3v) is 5.36. The van der Waals surface area contributed by atoms with E-state index in [9.17, 15) is 5.11 Å². The van der Waals surface area contributed by atoms with E-state index in [-0.39, 0.29) is 6.79 Å². The predicted octanol–water partition coefficient (Wildman–Crippen LogP) is 3.46. The summed E-state index contributed by atoms with van der Waals surface area (Å²) in [4.78, 5) is 2.44. The van der Waals surface area contributed by atoms with Gasteiger partial charge in [-0.15, -0.1) is 0 Å². The molecule has 1 unspecified atom stereocenters. The van der Waals surface area contributed by atoms with Crippen LogP contribution < -0.4 is 9.47 Å². The minimum absolute atomic E-state index is 0.263. The molecule has 1 saturated heterocycles. The maximum Gasteiger partial charge on any atom is 0.231 e. The average molecular weight is 325 g/mol. The van der Waals surface area contributed by atoms with Crippen LogP contribution in [0.4, 0.5) is 0 Å². The second-order valence-electron chi connectivity index (χ2n) is 6.72. The fourth-order valence-electron chi connectivity index (χ4n) is 3.70. The lowest BCUT2D eigenvalue weighted by Gasteiger charge is -2.41. The number of fused-ring (bicyclic) bond motifs is 1. The highest BCUT2D eigenvalue weighted by Gasteiger charge is 2.36. The molecule has 4 rings (SSSR count). The van der Waals surface area contributed by atoms with E-state index in [0.29, 0.717) is 6.04 Å². The maximum atomic E-state index is 11.1. The molecule has 2 aromatic carbocycles. The average Bonchev–Trinajstić information content (AvgIpc) is 3.10. The quantitative estimate of drug-likeness (QED) is 0.938. The molecule has 0 spiro atoms. The number of nitrogens with zero attached hydrogens (tertiary/aromatic N) is 1. The minimum atomic E-state index is -0.784. The van der Waals surface area contributed by atoms with Gasteiger partial charge in [0.1, 0.15) is 0 Å². The van der Waals surface area contributed by atoms with Gasteiger partial charge in [-0.1, -0.05) is 36.4 Å². The van der Waals surface area contributed by atoms with E-state index < -0.39 is 5.60 Å². The molecule has 2 heterocycles. The van der Waals surface area contributed by atoms with E-state index >= 15 is 0 Å². The van der Waals surface area contributed by atoms with Gasteiger partial charge in [-0.25, -0.2) is 0 Å². The van der Waals surface area contributed by atoms with Crippen molar-refractivity contribution in [3.05, 3.63) is 59.7 Å². The lowest BCUT2D eigenvalue weighted by Crippen LogP contribution is -2.43. The zero-order valence-electron chi connectivity index (χ0n) is 13.9. The smallest absolute Gasteiger partial charge is 0.231 e. The van der Waals surface area contributed by atoms with Gasteiger partial charge in [-0.05, 0) is 43.0 Å². The van der Waals surface area contributed by atoms with Crippen LogP contribution in [0.25, 0.3) is 0 Å². The van der Waals surface area contributed by atoms with Gasteiger partial charge in [0, 0.05) is 19.1 Å². The topological polar surface area (TPSA) is 41.9 Å². The highest BCUT2D eigenvalue weighted by molar-refractivity contribution is 5.46. The SMILES string of the molecule is CC(c1ccccc1)N1CCC(O)(c2ccc3c(c2)OCO3)CC1. The molecular weight excluding hydrogens is 302 g/mol. The van der Waals surface area contributed by atoms with Gasteiger partial charge in [0.2, 0.25) is 6.79 Å². The summed E-state index contributed by atoms with van der Waals surface area (Å²) in [5.41, 5.74) is 1.47. The zero-order chi connectivity index (χ0) is 16.6. The first-order valence-electron chi connectivity index (χ1n) is 8.57. The molecule has 0 amide bonds. The van der Waals surface area contributed by atoms with Crippen LogP contribution in [0, 0.1) is 0 Å². The Morgan fingerprint density at radius 3 is 2.46 bits per heavy atom. The number of hydrogen-bond donors (Lipinski definition) is 1. The van der Waals surface area contributed by atoms with Crippen LogP contribution in [0.1, 0.15) is 36.9 Å². The Labute approximate surface area is 142 Å². The van der Waals surface area contributed by atoms with Crippen LogP contribution in [0.5, 0.6) is 11.5 Å². The van der Waals surface area contributed by atoms with Crippen molar-refractivity contribution >= 4 is 0 Å². The molecule has 4 nitrogen and oxygen atoms in total. The Morgan fingerprint density at radius 1 is 1.00 bits per heavy atom. The number of aliphatic hydroxyl groups is 1. The molecule has 2 aromatic rings. The van der Waals surface area contributed by atoms with Crippen molar-refractivity contribution in [2.45, 2.75) is 31.4 Å². The molecule has 0 saturated carbocycles. The van der Waals surface area contributed by atoms with Crippen LogP contribution in [-0.4, -0.2) is 29.9 Å². The van der Waals surface area contributed by atoms with Gasteiger partial charge in [0.15, 0.2) is 11.5 Å². The van der Waals surface area contributed by atoms with Gasteiger partial charge >= 0.3 is 0 Å². The van der Waals surface area contributed by atoms with Gasteiger partial charge in [-0.2, -0.15) is 0 Å². The highest BCUT2D eigenvalue weighted by Crippen LogP contribution is 2.40. The van der Waals surface area contributed by atoms with Gasteiger partial charge in [-0.3, -0.25) is 4.90 Å². The Balaban J connectivity index is 1.47. The van der Waals surface area contributed by atoms with Gasteiger partial charge in [0.05, 0.1) is 5.60 Å². The van der Waals surface area contributed by atoms with E-state index in [0.717, 1.165) is 43.0 Å². The maximum absolute atomic E-state index is 11.1. The summed E-state index contributed by atoms with van der Waals surface area (Å²) in [7, 11) is 0. The zero-order valence-corrected chi connectivity index (χ0v) is 13.9. The molecule has 24 heavy (non-hydrogen) atoms. The number of ether oxygens (including phenoxy) is 2. The van der Waals surface area contributed by atoms with Crippen LogP contribution in [0.15, 0.2) is 48.5 Å². The van der Waals surface area contributed by atoms with Crippen LogP contribution in [0.2, 0.25) is 0 Å². The first-order valence-corrected chi connectivity index (χ1v) is 8.57. The van der Waals surface area contributed by atoms with Crippen molar-refractivity contribution in [1.29, 1.82) is 0 Å². The summed E-state index contributed by atoms with van der Waals surface area (Å²) in [6.45, 7) is 4.25. The third-order valence-electron chi connectivity index (χ3n) is 5.36. The van der Waals surface area contributed by atoms with Crippen LogP contribution in [0.3, 0.4) is 0 Å². The molecule has 0 bridgehead atoms. The number of benzene rings is 2. The molecule has 2 aliphatic rings. The van der Waals surface area contributed by atoms with E-state index in [1.807, 2.05) is 24.3 Å². The van der Waals surface area contributed by atoms with Crippen molar-refractivity contribution in [2.24, 2.45) is 0 Å². The van der Waals surface area contributed by atoms with E-state index in [1.165, 1.54) is 5.56 Å². The van der Waals surface area contributed by atoms with Crippen molar-refractivity contribution in [3.63, 3.8) is 0 Å². The summed E-state index contributed by atoms with van der Waals surface area (Å²) >= 11 is 0. The molecule has 1 N–H and O–H groups in total. The molecule has 2 aliphatic heterocycles. The second kappa shape index (κ2) is 6.11. The summed E-state index contributed by atoms with van der Waals surface area (Å²) in [5.74, 6) is 1.50. The van der Waals surface area contributed by atoms with E-state index in [4.69, 9.17) is 9.47 Å². The molecule has 1 atom stereocenters. The number of likely N-dealkylation sites (tertiary alicyclic amines) is 1. The Morgan fingerprint density at radius 2 is 1.71 bits per heavy atom. The Kier molecular flexibility index (Phi) is 3.94. The summed E-state index contributed by atoms with van der Waals surface area (Å²) in [5, 5.41) is 11.1. The van der Waals surface area contributed by atoms with Crippen LogP contribution >= 0.6 is 0 Å². The number of rotatable bonds is 3. The van der Waals surface area contributed by atoms with Gasteiger partial charge in [0.25, 0.3) is 0 Å². The fraction of sp³-hybridized carbons (Fsp3) is 0.400. The first-order chi connectivity index (χ1) is 11.7. The van der Waals surface area contributed by atoms with Crippen LogP contribution in [-0.2, 0) is 5.60 Å². The molecular formula is C20H23NO3. The standard InChI is InChI=1S/C20H23NO3/c1-15(16-5-3-2-4-6-16)21-11-9-20(22,10-12-21)17-7-8-18-19(13-17)24-14-23-18/h2-8,13,15,22H,9-12,14H2,1H3. The second-order valence-corrected chi connectivity index (χ2v) is 6.72. The van der Waals surface area contributed by atoms with Crippen molar-refractivity contribution < 1.29 is 14.6 Å². The van der Waals surface area contributed by atoms with Crippen molar-refractivity contribution in [1.82, 2.24) is 4.90 Å². The Hall–Kier alpha value is -2.04. The van der Waals surface area contributed by atoms with Crippen molar-refractivity contribution in [2.75, 3.05) is 19.9 Å². The predicted molar refractivity (Wildman–Crippen MR) is 92.1 cm³/mol. The summed E-state index contributed by atoms with van der Waals surface area (Å²) in [6, 6.07) is 16.7. The van der Waals surface area contributed by atoms with E-state index in [1.54, 1.807) is 0 Å². The number of hydrogen-bond acceptors (Lipinski definition) is 4. The van der Waals surface area contributed by atoms with E-state index in [2.05, 4.69) is 36.1 Å². The molecule has 1 fully saturated rings. The largest absolute Gasteiger partial charge is 0.454 e.